The summed E-state index contributed by atoms with van der Waals surface area (Å²) in [6.07, 6.45) is -0.246. The Kier molecular flexibility index (Phi) is 7.35. The van der Waals surface area contributed by atoms with Crippen molar-refractivity contribution in [3.8, 4) is 5.75 Å². The standard InChI is InChI=1S/C19H24N2O5S/c1-15-4-3-5-17(12-15)14-26-18-8-6-16(7-9-18)13-20-27(24,25)21(2)11-10-19(22)23/h3-9,12,20H,10-11,13-14H2,1-2H3,(H,22,23). The summed E-state index contributed by atoms with van der Waals surface area (Å²) in [7, 11) is -2.39. The van der Waals surface area contributed by atoms with E-state index < -0.39 is 16.2 Å². The van der Waals surface area contributed by atoms with Crippen LogP contribution in [0.4, 0.5) is 0 Å². The van der Waals surface area contributed by atoms with Crippen LogP contribution in [-0.2, 0) is 28.2 Å². The van der Waals surface area contributed by atoms with E-state index in [4.69, 9.17) is 9.84 Å². The molecule has 0 saturated carbocycles. The van der Waals surface area contributed by atoms with Gasteiger partial charge in [0.15, 0.2) is 0 Å². The van der Waals surface area contributed by atoms with Gasteiger partial charge in [-0.25, -0.2) is 0 Å². The average Bonchev–Trinajstić information content (AvgIpc) is 2.63. The monoisotopic (exact) mass is 392 g/mol. The molecule has 0 saturated heterocycles. The van der Waals surface area contributed by atoms with Crippen molar-refractivity contribution in [1.82, 2.24) is 9.03 Å². The predicted octanol–water partition coefficient (Wildman–Crippen LogP) is 2.31. The SMILES string of the molecule is Cc1cccc(COc2ccc(CNS(=O)(=O)N(C)CCC(=O)O)cc2)c1. The molecule has 27 heavy (non-hydrogen) atoms. The van der Waals surface area contributed by atoms with Gasteiger partial charge in [0.2, 0.25) is 0 Å². The fourth-order valence-corrected chi connectivity index (χ4v) is 3.23. The van der Waals surface area contributed by atoms with Crippen molar-refractivity contribution in [1.29, 1.82) is 0 Å². The highest BCUT2D eigenvalue weighted by atomic mass is 32.2. The van der Waals surface area contributed by atoms with Crippen LogP contribution in [0.25, 0.3) is 0 Å². The molecule has 0 aromatic heterocycles. The van der Waals surface area contributed by atoms with E-state index in [1.165, 1.54) is 12.6 Å². The number of nitrogens with zero attached hydrogens (tertiary/aromatic N) is 1. The summed E-state index contributed by atoms with van der Waals surface area (Å²) in [5, 5.41) is 8.64. The topological polar surface area (TPSA) is 95.9 Å². The van der Waals surface area contributed by atoms with Crippen molar-refractivity contribution in [2.75, 3.05) is 13.6 Å². The Morgan fingerprint density at radius 3 is 2.48 bits per heavy atom. The maximum Gasteiger partial charge on any atom is 0.304 e. The molecule has 0 bridgehead atoms. The van der Waals surface area contributed by atoms with Gasteiger partial charge in [-0.1, -0.05) is 42.0 Å². The van der Waals surface area contributed by atoms with Gasteiger partial charge in [0.1, 0.15) is 12.4 Å². The molecular formula is C19H24N2O5S. The molecule has 0 aliphatic carbocycles. The number of carboxylic acids is 1. The van der Waals surface area contributed by atoms with Gasteiger partial charge in [-0.15, -0.1) is 0 Å². The van der Waals surface area contributed by atoms with Crippen LogP contribution in [0.1, 0.15) is 23.1 Å². The van der Waals surface area contributed by atoms with Gasteiger partial charge in [0.05, 0.1) is 6.42 Å². The van der Waals surface area contributed by atoms with Crippen LogP contribution in [0.5, 0.6) is 5.75 Å². The van der Waals surface area contributed by atoms with Crippen LogP contribution in [0, 0.1) is 6.92 Å². The average molecular weight is 392 g/mol. The molecule has 0 unspecified atom stereocenters. The highest BCUT2D eigenvalue weighted by molar-refractivity contribution is 7.87. The van der Waals surface area contributed by atoms with E-state index in [0.29, 0.717) is 12.4 Å². The molecule has 146 valence electrons. The molecule has 8 heteroatoms. The van der Waals surface area contributed by atoms with Gasteiger partial charge < -0.3 is 9.84 Å². The molecule has 0 fully saturated rings. The molecule has 7 nitrogen and oxygen atoms in total. The minimum absolute atomic E-state index is 0.0869. The van der Waals surface area contributed by atoms with Crippen molar-refractivity contribution >= 4 is 16.2 Å². The molecule has 0 aliphatic rings. The third-order valence-electron chi connectivity index (χ3n) is 3.92. The van der Waals surface area contributed by atoms with Crippen LogP contribution in [0.2, 0.25) is 0 Å². The second kappa shape index (κ2) is 9.50. The van der Waals surface area contributed by atoms with Crippen LogP contribution >= 0.6 is 0 Å². The number of carbonyl (C=O) groups is 1. The predicted molar refractivity (Wildman–Crippen MR) is 103 cm³/mol. The zero-order valence-electron chi connectivity index (χ0n) is 15.4. The van der Waals surface area contributed by atoms with Gasteiger partial charge >= 0.3 is 5.97 Å². The molecule has 2 N–H and O–H groups in total. The molecular weight excluding hydrogens is 368 g/mol. The molecule has 0 aliphatic heterocycles. The maximum atomic E-state index is 12.1. The number of hydrogen-bond donors (Lipinski definition) is 2. The van der Waals surface area contributed by atoms with Crippen molar-refractivity contribution in [3.63, 3.8) is 0 Å². The normalized spacial score (nSPS) is 11.5. The van der Waals surface area contributed by atoms with E-state index in [2.05, 4.69) is 10.8 Å². The summed E-state index contributed by atoms with van der Waals surface area (Å²) in [5.41, 5.74) is 3.02. The number of nitrogens with one attached hydrogen (secondary N) is 1. The highest BCUT2D eigenvalue weighted by Crippen LogP contribution is 2.15. The first-order valence-corrected chi connectivity index (χ1v) is 9.90. The number of aliphatic carboxylic acids is 1. The summed E-state index contributed by atoms with van der Waals surface area (Å²) >= 11 is 0. The summed E-state index contributed by atoms with van der Waals surface area (Å²) in [6.45, 7) is 2.51. The molecule has 0 radical (unpaired) electrons. The fourth-order valence-electron chi connectivity index (χ4n) is 2.33. The molecule has 2 aromatic carbocycles. The Labute approximate surface area is 159 Å². The fraction of sp³-hybridized carbons (Fsp3) is 0.316. The minimum Gasteiger partial charge on any atom is -0.489 e. The van der Waals surface area contributed by atoms with E-state index in [1.807, 2.05) is 25.1 Å². The minimum atomic E-state index is -3.73. The van der Waals surface area contributed by atoms with Gasteiger partial charge in [-0.05, 0) is 30.2 Å². The van der Waals surface area contributed by atoms with Gasteiger partial charge in [0, 0.05) is 20.1 Å². The van der Waals surface area contributed by atoms with E-state index in [1.54, 1.807) is 24.3 Å². The number of rotatable bonds is 10. The molecule has 0 amide bonds. The highest BCUT2D eigenvalue weighted by Gasteiger charge is 2.17. The van der Waals surface area contributed by atoms with Crippen LogP contribution in [0.15, 0.2) is 48.5 Å². The summed E-state index contributed by atoms with van der Waals surface area (Å²) in [5.74, 6) is -0.347. The molecule has 0 atom stereocenters. The van der Waals surface area contributed by atoms with Crippen LogP contribution in [-0.4, -0.2) is 37.4 Å². The molecule has 2 rings (SSSR count). The Morgan fingerprint density at radius 1 is 1.15 bits per heavy atom. The van der Waals surface area contributed by atoms with E-state index in [-0.39, 0.29) is 19.5 Å². The first kappa shape index (κ1) is 20.9. The number of benzene rings is 2. The summed E-state index contributed by atoms with van der Waals surface area (Å²) in [6, 6.07) is 15.2. The Bertz CT molecular complexity index is 866. The summed E-state index contributed by atoms with van der Waals surface area (Å²) in [4.78, 5) is 10.5. The van der Waals surface area contributed by atoms with Crippen molar-refractivity contribution < 1.29 is 23.1 Å². The first-order chi connectivity index (χ1) is 12.8. The lowest BCUT2D eigenvalue weighted by atomic mass is 10.1. The summed E-state index contributed by atoms with van der Waals surface area (Å²) < 4.78 is 33.3. The third-order valence-corrected chi connectivity index (χ3v) is 5.43. The number of aryl methyl sites for hydroxylation is 1. The zero-order valence-corrected chi connectivity index (χ0v) is 16.2. The van der Waals surface area contributed by atoms with Crippen molar-refractivity contribution in [2.24, 2.45) is 0 Å². The maximum absolute atomic E-state index is 12.1. The van der Waals surface area contributed by atoms with Gasteiger partial charge in [-0.3, -0.25) is 4.79 Å². The molecule has 2 aromatic rings. The van der Waals surface area contributed by atoms with Gasteiger partial charge in [-0.2, -0.15) is 17.4 Å². The largest absolute Gasteiger partial charge is 0.489 e. The first-order valence-electron chi connectivity index (χ1n) is 8.46. The molecule has 0 spiro atoms. The van der Waals surface area contributed by atoms with Crippen LogP contribution < -0.4 is 9.46 Å². The van der Waals surface area contributed by atoms with Crippen molar-refractivity contribution in [2.45, 2.75) is 26.5 Å². The van der Waals surface area contributed by atoms with E-state index in [0.717, 1.165) is 15.4 Å². The second-order valence-corrected chi connectivity index (χ2v) is 8.08. The Morgan fingerprint density at radius 2 is 1.85 bits per heavy atom. The smallest absolute Gasteiger partial charge is 0.304 e. The number of ether oxygens (including phenoxy) is 1. The van der Waals surface area contributed by atoms with Crippen molar-refractivity contribution in [3.05, 3.63) is 65.2 Å². The zero-order chi connectivity index (χ0) is 19.9. The molecule has 0 heterocycles. The number of carboxylic acid groups (broad SMARTS) is 1. The third kappa shape index (κ3) is 7.01. The lowest BCUT2D eigenvalue weighted by Crippen LogP contribution is -2.38. The second-order valence-electron chi connectivity index (χ2n) is 6.21. The quantitative estimate of drug-likeness (QED) is 0.647. The van der Waals surface area contributed by atoms with E-state index in [9.17, 15) is 13.2 Å². The van der Waals surface area contributed by atoms with E-state index >= 15 is 0 Å². The lowest BCUT2D eigenvalue weighted by Gasteiger charge is -2.16. The Hall–Kier alpha value is -2.42. The van der Waals surface area contributed by atoms with Gasteiger partial charge in [0.25, 0.3) is 10.2 Å². The number of hydrogen-bond acceptors (Lipinski definition) is 4. The Balaban J connectivity index is 1.85. The lowest BCUT2D eigenvalue weighted by molar-refractivity contribution is -0.137. The van der Waals surface area contributed by atoms with Crippen LogP contribution in [0.3, 0.4) is 0 Å².